The molecule has 2 aromatic carbocycles. The minimum absolute atomic E-state index is 0.104. The zero-order valence-electron chi connectivity index (χ0n) is 17.9. The number of alkyl halides is 3. The van der Waals surface area contributed by atoms with Gasteiger partial charge in [-0.2, -0.15) is 18.2 Å². The molecule has 0 fully saturated rings. The summed E-state index contributed by atoms with van der Waals surface area (Å²) in [5, 5.41) is 5.75. The number of anilines is 2. The number of nitrogens with zero attached hydrogens (tertiary/aromatic N) is 3. The number of hydrogen-bond donors (Lipinski definition) is 2. The van der Waals surface area contributed by atoms with Crippen LogP contribution in [0.25, 0.3) is 0 Å². The Morgan fingerprint density at radius 2 is 1.82 bits per heavy atom. The van der Waals surface area contributed by atoms with E-state index in [0.29, 0.717) is 31.1 Å². The molecule has 0 spiro atoms. The van der Waals surface area contributed by atoms with E-state index >= 15 is 0 Å². The van der Waals surface area contributed by atoms with Crippen molar-refractivity contribution in [2.45, 2.75) is 25.7 Å². The van der Waals surface area contributed by atoms with E-state index in [4.69, 9.17) is 21.7 Å². The summed E-state index contributed by atoms with van der Waals surface area (Å²) in [6.07, 6.45) is -3.90. The minimum Gasteiger partial charge on any atom is -0.454 e. The number of ether oxygens (including phenoxy) is 2. The van der Waals surface area contributed by atoms with Crippen molar-refractivity contribution in [3.8, 4) is 11.5 Å². The van der Waals surface area contributed by atoms with Crippen molar-refractivity contribution in [2.75, 3.05) is 23.6 Å². The standard InChI is InChI=1S/C23H20F3N5O2S/c24-23(25,26)19-10-20(31-8-7-15-3-1-2-4-16(15)12-31)29-21(28-19)30-22(34)27-11-14-5-6-17-18(9-14)33-13-32-17/h1-6,9-10H,7-8,11-13H2,(H2,27,28,29,30,34). The second kappa shape index (κ2) is 8.98. The summed E-state index contributed by atoms with van der Waals surface area (Å²) in [6, 6.07) is 14.3. The summed E-state index contributed by atoms with van der Waals surface area (Å²) in [5.74, 6) is 1.27. The molecular formula is C23H20F3N5O2S. The van der Waals surface area contributed by atoms with Crippen molar-refractivity contribution in [2.24, 2.45) is 0 Å². The number of halogens is 3. The molecule has 11 heteroatoms. The van der Waals surface area contributed by atoms with Gasteiger partial charge in [-0.25, -0.2) is 4.98 Å². The first-order valence-corrected chi connectivity index (χ1v) is 11.0. The highest BCUT2D eigenvalue weighted by molar-refractivity contribution is 7.80. The number of aromatic nitrogens is 2. The molecule has 0 amide bonds. The molecule has 5 rings (SSSR count). The summed E-state index contributed by atoms with van der Waals surface area (Å²) in [7, 11) is 0. The molecule has 0 aliphatic carbocycles. The van der Waals surface area contributed by atoms with Crippen LogP contribution in [0.4, 0.5) is 24.9 Å². The lowest BCUT2D eigenvalue weighted by molar-refractivity contribution is -0.141. The van der Waals surface area contributed by atoms with Crippen molar-refractivity contribution in [3.05, 3.63) is 70.9 Å². The highest BCUT2D eigenvalue weighted by Gasteiger charge is 2.34. The van der Waals surface area contributed by atoms with Crippen molar-refractivity contribution in [1.82, 2.24) is 15.3 Å². The molecule has 2 aliphatic heterocycles. The van der Waals surface area contributed by atoms with E-state index in [1.165, 1.54) is 5.56 Å². The predicted octanol–water partition coefficient (Wildman–Crippen LogP) is 4.27. The van der Waals surface area contributed by atoms with Gasteiger partial charge in [-0.3, -0.25) is 0 Å². The van der Waals surface area contributed by atoms with Crippen molar-refractivity contribution in [3.63, 3.8) is 0 Å². The third-order valence-electron chi connectivity index (χ3n) is 5.57. The molecule has 3 aromatic rings. The van der Waals surface area contributed by atoms with Gasteiger partial charge in [-0.15, -0.1) is 0 Å². The summed E-state index contributed by atoms with van der Waals surface area (Å²) < 4.78 is 51.3. The molecule has 0 bridgehead atoms. The van der Waals surface area contributed by atoms with Gasteiger partial charge in [-0.1, -0.05) is 30.3 Å². The second-order valence-corrected chi connectivity index (χ2v) is 8.28. The van der Waals surface area contributed by atoms with E-state index < -0.39 is 11.9 Å². The van der Waals surface area contributed by atoms with Gasteiger partial charge >= 0.3 is 6.18 Å². The fourth-order valence-electron chi connectivity index (χ4n) is 3.87. The summed E-state index contributed by atoms with van der Waals surface area (Å²) in [4.78, 5) is 9.79. The van der Waals surface area contributed by atoms with Gasteiger partial charge in [-0.05, 0) is 47.5 Å². The van der Waals surface area contributed by atoms with Crippen molar-refractivity contribution >= 4 is 29.1 Å². The Labute approximate surface area is 198 Å². The van der Waals surface area contributed by atoms with Gasteiger partial charge < -0.3 is 25.0 Å². The van der Waals surface area contributed by atoms with Crippen molar-refractivity contribution < 1.29 is 22.6 Å². The normalized spacial score (nSPS) is 14.5. The largest absolute Gasteiger partial charge is 0.454 e. The maximum atomic E-state index is 13.6. The monoisotopic (exact) mass is 487 g/mol. The van der Waals surface area contributed by atoms with Gasteiger partial charge in [0.15, 0.2) is 22.3 Å². The van der Waals surface area contributed by atoms with Crippen LogP contribution in [0.1, 0.15) is 22.4 Å². The summed E-state index contributed by atoms with van der Waals surface area (Å²) >= 11 is 5.27. The molecule has 0 unspecified atom stereocenters. The van der Waals surface area contributed by atoms with Crippen LogP contribution < -0.4 is 25.0 Å². The Morgan fingerprint density at radius 1 is 1.03 bits per heavy atom. The molecule has 0 saturated carbocycles. The second-order valence-electron chi connectivity index (χ2n) is 7.87. The average Bonchev–Trinajstić information content (AvgIpc) is 3.30. The van der Waals surface area contributed by atoms with Gasteiger partial charge in [0.1, 0.15) is 5.82 Å². The van der Waals surface area contributed by atoms with E-state index in [1.54, 1.807) is 6.07 Å². The van der Waals surface area contributed by atoms with Crippen LogP contribution in [-0.2, 0) is 25.7 Å². The Hall–Kier alpha value is -3.60. The number of benzene rings is 2. The molecule has 1 aromatic heterocycles. The minimum atomic E-state index is -4.62. The van der Waals surface area contributed by atoms with Crippen LogP contribution in [0.3, 0.4) is 0 Å². The van der Waals surface area contributed by atoms with Gasteiger partial charge in [0.25, 0.3) is 0 Å². The third-order valence-corrected chi connectivity index (χ3v) is 5.82. The van der Waals surface area contributed by atoms with Crippen LogP contribution >= 0.6 is 12.2 Å². The van der Waals surface area contributed by atoms with Crippen LogP contribution in [0.15, 0.2) is 48.5 Å². The zero-order valence-corrected chi connectivity index (χ0v) is 18.7. The zero-order chi connectivity index (χ0) is 23.7. The SMILES string of the molecule is FC(F)(F)c1cc(N2CCc3ccccc3C2)nc(NC(=S)NCc2ccc3c(c2)OCO3)n1. The Kier molecular flexibility index (Phi) is 5.86. The molecule has 2 aliphatic rings. The first-order chi connectivity index (χ1) is 16.3. The third kappa shape index (κ3) is 4.84. The van der Waals surface area contributed by atoms with Gasteiger partial charge in [0.2, 0.25) is 12.7 Å². The molecule has 34 heavy (non-hydrogen) atoms. The lowest BCUT2D eigenvalue weighted by Gasteiger charge is -2.30. The maximum absolute atomic E-state index is 13.6. The topological polar surface area (TPSA) is 71.5 Å². The van der Waals surface area contributed by atoms with Gasteiger partial charge in [0.05, 0.1) is 0 Å². The summed E-state index contributed by atoms with van der Waals surface area (Å²) in [6.45, 7) is 1.52. The first kappa shape index (κ1) is 22.2. The quantitative estimate of drug-likeness (QED) is 0.529. The highest BCUT2D eigenvalue weighted by atomic mass is 32.1. The van der Waals surface area contributed by atoms with E-state index in [0.717, 1.165) is 23.6 Å². The van der Waals surface area contributed by atoms with E-state index in [2.05, 4.69) is 20.6 Å². The predicted molar refractivity (Wildman–Crippen MR) is 124 cm³/mol. The Balaban J connectivity index is 1.31. The number of nitrogens with one attached hydrogen (secondary N) is 2. The Morgan fingerprint density at radius 3 is 2.65 bits per heavy atom. The molecular weight excluding hydrogens is 467 g/mol. The lowest BCUT2D eigenvalue weighted by atomic mass is 10.00. The maximum Gasteiger partial charge on any atom is 0.433 e. The molecule has 0 saturated heterocycles. The fourth-order valence-corrected chi connectivity index (χ4v) is 4.03. The summed E-state index contributed by atoms with van der Waals surface area (Å²) in [5.41, 5.74) is 2.09. The van der Waals surface area contributed by atoms with Gasteiger partial charge in [0, 0.05) is 25.7 Å². The van der Waals surface area contributed by atoms with Crippen molar-refractivity contribution in [1.29, 1.82) is 0 Å². The Bertz CT molecular complexity index is 1240. The highest BCUT2D eigenvalue weighted by Crippen LogP contribution is 2.33. The number of fused-ring (bicyclic) bond motifs is 2. The average molecular weight is 488 g/mol. The number of thiocarbonyl (C=S) groups is 1. The van der Waals surface area contributed by atoms with Crippen LogP contribution in [0, 0.1) is 0 Å². The first-order valence-electron chi connectivity index (χ1n) is 10.6. The van der Waals surface area contributed by atoms with E-state index in [9.17, 15) is 13.2 Å². The molecule has 0 atom stereocenters. The molecule has 3 heterocycles. The van der Waals surface area contributed by atoms with E-state index in [1.807, 2.05) is 41.3 Å². The molecule has 2 N–H and O–H groups in total. The van der Waals surface area contributed by atoms with Crippen LogP contribution in [0.2, 0.25) is 0 Å². The molecule has 176 valence electrons. The lowest BCUT2D eigenvalue weighted by Crippen LogP contribution is -2.33. The van der Waals surface area contributed by atoms with Crippen LogP contribution in [-0.4, -0.2) is 28.4 Å². The number of hydrogen-bond acceptors (Lipinski definition) is 6. The smallest absolute Gasteiger partial charge is 0.433 e. The van der Waals surface area contributed by atoms with E-state index in [-0.39, 0.29) is 23.7 Å². The number of rotatable bonds is 4. The fraction of sp³-hybridized carbons (Fsp3) is 0.261. The molecule has 7 nitrogen and oxygen atoms in total. The molecule has 0 radical (unpaired) electrons. The van der Waals surface area contributed by atoms with Crippen LogP contribution in [0.5, 0.6) is 11.5 Å².